The fourth-order valence-electron chi connectivity index (χ4n) is 1.55. The number of nitrogens with zero attached hydrogens (tertiary/aromatic N) is 2. The minimum Gasteiger partial charge on any atom is -0.192 e. The molecule has 2 nitrogen and oxygen atoms in total. The van der Waals surface area contributed by atoms with Crippen LogP contribution in [0.1, 0.15) is 4.88 Å². The van der Waals surface area contributed by atoms with Crippen molar-refractivity contribution in [1.82, 2.24) is 0 Å². The van der Waals surface area contributed by atoms with Gasteiger partial charge in [-0.05, 0) is 23.8 Å². The van der Waals surface area contributed by atoms with Gasteiger partial charge in [-0.25, -0.2) is 0 Å². The standard InChI is InChI=1S/C13H8N2S2/c1-16-13(10(7-14)8-15)12-6-9-4-2-3-5-11(9)17-12/h2-6H,1H3. The molecule has 82 valence electrons. The van der Waals surface area contributed by atoms with Gasteiger partial charge in [0.2, 0.25) is 0 Å². The maximum Gasteiger partial charge on any atom is 0.144 e. The Bertz CT molecular complexity index is 620. The first kappa shape index (κ1) is 11.7. The molecule has 0 aliphatic carbocycles. The fraction of sp³-hybridized carbons (Fsp3) is 0.0769. The number of thioether (sulfide) groups is 1. The molecule has 4 heteroatoms. The number of nitriles is 2. The normalized spacial score (nSPS) is 9.59. The lowest BCUT2D eigenvalue weighted by molar-refractivity contribution is 1.47. The first-order valence-electron chi connectivity index (χ1n) is 4.87. The SMILES string of the molecule is CSC(=C(C#N)C#N)c1cc2ccccc2s1. The highest BCUT2D eigenvalue weighted by Crippen LogP contribution is 2.36. The second-order valence-corrected chi connectivity index (χ2v) is 5.18. The third kappa shape index (κ3) is 2.19. The summed E-state index contributed by atoms with van der Waals surface area (Å²) in [6.07, 6.45) is 1.88. The number of allylic oxidation sites excluding steroid dienone is 1. The molecular formula is C13H8N2S2. The smallest absolute Gasteiger partial charge is 0.144 e. The summed E-state index contributed by atoms with van der Waals surface area (Å²) in [5.41, 5.74) is 0.184. The fourth-order valence-corrected chi connectivity index (χ4v) is 3.49. The van der Waals surface area contributed by atoms with Crippen LogP contribution in [0.5, 0.6) is 0 Å². The summed E-state index contributed by atoms with van der Waals surface area (Å²) in [5, 5.41) is 19.0. The maximum atomic E-state index is 8.92. The van der Waals surface area contributed by atoms with Gasteiger partial charge in [0.1, 0.15) is 17.7 Å². The second-order valence-electron chi connectivity index (χ2n) is 3.28. The molecule has 0 bridgehead atoms. The van der Waals surface area contributed by atoms with Gasteiger partial charge < -0.3 is 0 Å². The molecule has 0 atom stereocenters. The zero-order valence-electron chi connectivity index (χ0n) is 9.10. The van der Waals surface area contributed by atoms with Crippen molar-refractivity contribution in [3.8, 4) is 12.1 Å². The summed E-state index contributed by atoms with van der Waals surface area (Å²) in [5.74, 6) is 0. The summed E-state index contributed by atoms with van der Waals surface area (Å²) in [4.78, 5) is 1.74. The van der Waals surface area contributed by atoms with Crippen molar-refractivity contribution in [3.63, 3.8) is 0 Å². The second kappa shape index (κ2) is 5.05. The van der Waals surface area contributed by atoms with E-state index in [9.17, 15) is 0 Å². The Kier molecular flexibility index (Phi) is 3.49. The average molecular weight is 256 g/mol. The Hall–Kier alpha value is -1.75. The highest BCUT2D eigenvalue weighted by atomic mass is 32.2. The lowest BCUT2D eigenvalue weighted by Crippen LogP contribution is -1.80. The van der Waals surface area contributed by atoms with E-state index in [0.29, 0.717) is 0 Å². The Morgan fingerprint density at radius 3 is 2.53 bits per heavy atom. The number of hydrogen-bond acceptors (Lipinski definition) is 4. The molecule has 1 heterocycles. The number of fused-ring (bicyclic) bond motifs is 1. The Balaban J connectivity index is 2.64. The van der Waals surface area contributed by atoms with Crippen LogP contribution in [0.3, 0.4) is 0 Å². The maximum absolute atomic E-state index is 8.92. The van der Waals surface area contributed by atoms with E-state index in [0.717, 1.165) is 15.2 Å². The molecule has 0 unspecified atom stereocenters. The Morgan fingerprint density at radius 2 is 1.94 bits per heavy atom. The molecule has 0 fully saturated rings. The molecule has 0 aliphatic rings. The summed E-state index contributed by atoms with van der Waals surface area (Å²) >= 11 is 3.05. The van der Waals surface area contributed by atoms with Gasteiger partial charge in [-0.3, -0.25) is 0 Å². The topological polar surface area (TPSA) is 47.6 Å². The molecule has 0 spiro atoms. The third-order valence-corrected chi connectivity index (χ3v) is 4.40. The Labute approximate surface area is 108 Å². The highest BCUT2D eigenvalue weighted by Gasteiger charge is 2.11. The summed E-state index contributed by atoms with van der Waals surface area (Å²) in [6.45, 7) is 0. The van der Waals surface area contributed by atoms with Crippen molar-refractivity contribution in [3.05, 3.63) is 40.8 Å². The van der Waals surface area contributed by atoms with Crippen LogP contribution in [0.4, 0.5) is 0 Å². The molecule has 0 radical (unpaired) electrons. The number of thiophene rings is 1. The number of hydrogen-bond donors (Lipinski definition) is 0. The van der Waals surface area contributed by atoms with Crippen LogP contribution in [0.25, 0.3) is 15.0 Å². The zero-order chi connectivity index (χ0) is 12.3. The van der Waals surface area contributed by atoms with Gasteiger partial charge in [-0.15, -0.1) is 23.1 Å². The van der Waals surface area contributed by atoms with Gasteiger partial charge in [-0.1, -0.05) is 18.2 Å². The van der Waals surface area contributed by atoms with Crippen molar-refractivity contribution < 1.29 is 0 Å². The lowest BCUT2D eigenvalue weighted by atomic mass is 10.2. The quantitative estimate of drug-likeness (QED) is 0.762. The molecule has 0 saturated heterocycles. The van der Waals surface area contributed by atoms with E-state index in [1.165, 1.54) is 16.5 Å². The van der Waals surface area contributed by atoms with E-state index in [1.54, 1.807) is 11.3 Å². The first-order valence-corrected chi connectivity index (χ1v) is 6.91. The molecule has 0 amide bonds. The molecule has 1 aromatic heterocycles. The molecule has 0 aliphatic heterocycles. The summed E-state index contributed by atoms with van der Waals surface area (Å²) in [7, 11) is 0. The van der Waals surface area contributed by atoms with Gasteiger partial charge in [0.15, 0.2) is 0 Å². The molecule has 2 aromatic rings. The van der Waals surface area contributed by atoms with Gasteiger partial charge >= 0.3 is 0 Å². The molecule has 2 rings (SSSR count). The Morgan fingerprint density at radius 1 is 1.24 bits per heavy atom. The molecule has 0 saturated carbocycles. The van der Waals surface area contributed by atoms with Gasteiger partial charge in [0.25, 0.3) is 0 Å². The average Bonchev–Trinajstić information content (AvgIpc) is 2.78. The van der Waals surface area contributed by atoms with E-state index in [1.807, 2.05) is 48.7 Å². The van der Waals surface area contributed by atoms with E-state index < -0.39 is 0 Å². The van der Waals surface area contributed by atoms with Crippen molar-refractivity contribution in [1.29, 1.82) is 10.5 Å². The van der Waals surface area contributed by atoms with E-state index in [2.05, 4.69) is 0 Å². The van der Waals surface area contributed by atoms with Crippen molar-refractivity contribution in [2.24, 2.45) is 0 Å². The van der Waals surface area contributed by atoms with Crippen LogP contribution >= 0.6 is 23.1 Å². The van der Waals surface area contributed by atoms with Crippen LogP contribution < -0.4 is 0 Å². The monoisotopic (exact) mass is 256 g/mol. The summed E-state index contributed by atoms with van der Waals surface area (Å²) in [6, 6.07) is 14.0. The van der Waals surface area contributed by atoms with Crippen LogP contribution in [-0.4, -0.2) is 6.26 Å². The zero-order valence-corrected chi connectivity index (χ0v) is 10.7. The third-order valence-electron chi connectivity index (χ3n) is 2.30. The van der Waals surface area contributed by atoms with Gasteiger partial charge in [-0.2, -0.15) is 10.5 Å². The van der Waals surface area contributed by atoms with Gasteiger partial charge in [0, 0.05) is 9.58 Å². The van der Waals surface area contributed by atoms with E-state index in [-0.39, 0.29) is 5.57 Å². The van der Waals surface area contributed by atoms with Gasteiger partial charge in [0.05, 0.1) is 4.91 Å². The predicted octanol–water partition coefficient (Wildman–Crippen LogP) is 4.02. The first-order chi connectivity index (χ1) is 8.30. The van der Waals surface area contributed by atoms with Crippen LogP contribution in [-0.2, 0) is 0 Å². The van der Waals surface area contributed by atoms with Crippen molar-refractivity contribution in [2.45, 2.75) is 0 Å². The highest BCUT2D eigenvalue weighted by molar-refractivity contribution is 8.07. The summed E-state index contributed by atoms with van der Waals surface area (Å²) < 4.78 is 1.17. The molecule has 0 N–H and O–H groups in total. The largest absolute Gasteiger partial charge is 0.192 e. The van der Waals surface area contributed by atoms with Crippen molar-refractivity contribution in [2.75, 3.05) is 6.26 Å². The van der Waals surface area contributed by atoms with Crippen LogP contribution in [0.15, 0.2) is 35.9 Å². The van der Waals surface area contributed by atoms with Crippen LogP contribution in [0, 0.1) is 22.7 Å². The predicted molar refractivity (Wildman–Crippen MR) is 73.5 cm³/mol. The van der Waals surface area contributed by atoms with Crippen LogP contribution in [0.2, 0.25) is 0 Å². The van der Waals surface area contributed by atoms with E-state index >= 15 is 0 Å². The minimum atomic E-state index is 0.184. The molecule has 17 heavy (non-hydrogen) atoms. The number of benzene rings is 1. The molecular weight excluding hydrogens is 248 g/mol. The molecule has 1 aromatic carbocycles. The lowest BCUT2D eigenvalue weighted by Gasteiger charge is -1.98. The minimum absolute atomic E-state index is 0.184. The number of rotatable bonds is 2. The van der Waals surface area contributed by atoms with Crippen molar-refractivity contribution >= 4 is 38.1 Å². The van der Waals surface area contributed by atoms with E-state index in [4.69, 9.17) is 10.5 Å².